The molecule has 0 aromatic carbocycles. The number of methoxy groups -OCH3 is 1. The molecule has 0 aliphatic heterocycles. The molecule has 172 valence electrons. The lowest BCUT2D eigenvalue weighted by Gasteiger charge is -2.29. The fourth-order valence-corrected chi connectivity index (χ4v) is 5.33. The van der Waals surface area contributed by atoms with Crippen molar-refractivity contribution in [2.45, 2.75) is 31.7 Å². The van der Waals surface area contributed by atoms with Crippen molar-refractivity contribution in [3.8, 4) is 5.88 Å². The van der Waals surface area contributed by atoms with Gasteiger partial charge in [-0.15, -0.1) is 0 Å². The Morgan fingerprint density at radius 2 is 2.00 bits per heavy atom. The van der Waals surface area contributed by atoms with Gasteiger partial charge in [-0.05, 0) is 43.7 Å². The molecule has 0 saturated heterocycles. The summed E-state index contributed by atoms with van der Waals surface area (Å²) in [6.45, 7) is 0. The number of ether oxygens (including phenoxy) is 1. The summed E-state index contributed by atoms with van der Waals surface area (Å²) >= 11 is 0. The quantitative estimate of drug-likeness (QED) is 0.545. The highest BCUT2D eigenvalue weighted by Crippen LogP contribution is 2.34. The van der Waals surface area contributed by atoms with Crippen molar-refractivity contribution in [3.63, 3.8) is 0 Å². The van der Waals surface area contributed by atoms with E-state index in [9.17, 15) is 13.2 Å². The third-order valence-corrected chi connectivity index (χ3v) is 7.86. The number of nitrogens with zero attached hydrogens (tertiary/aromatic N) is 5. The monoisotopic (exact) mass is 461 g/mol. The standard InChI is InChI=1S/C20H27N7O4S/c1-26(2)32(29,30)12-13-6-8-14(9-7-13)27-17-16(24-20(27)28)11-22-19(25-17)23-15-5-4-10-21-18(15)31-3/h4-5,10-11,13-14H,6-9,12H2,1-3H3,(H,24,28)(H,22,23,25)/t13-,14-. The Balaban J connectivity index is 1.55. The van der Waals surface area contributed by atoms with E-state index in [-0.39, 0.29) is 23.4 Å². The Morgan fingerprint density at radius 3 is 2.69 bits per heavy atom. The molecule has 0 amide bonds. The van der Waals surface area contributed by atoms with E-state index in [1.54, 1.807) is 43.2 Å². The van der Waals surface area contributed by atoms with Crippen molar-refractivity contribution >= 4 is 32.8 Å². The van der Waals surface area contributed by atoms with Crippen LogP contribution in [0.15, 0.2) is 29.3 Å². The van der Waals surface area contributed by atoms with Gasteiger partial charge in [0.1, 0.15) is 11.2 Å². The molecule has 11 nitrogen and oxygen atoms in total. The third kappa shape index (κ3) is 4.46. The van der Waals surface area contributed by atoms with Crippen LogP contribution in [0.25, 0.3) is 11.2 Å². The summed E-state index contributed by atoms with van der Waals surface area (Å²) in [6.07, 6.45) is 6.09. The van der Waals surface area contributed by atoms with Crippen molar-refractivity contribution in [3.05, 3.63) is 35.0 Å². The van der Waals surface area contributed by atoms with Gasteiger partial charge in [0.05, 0.1) is 19.1 Å². The van der Waals surface area contributed by atoms with Gasteiger partial charge in [-0.25, -0.2) is 27.5 Å². The number of sulfonamides is 1. The van der Waals surface area contributed by atoms with Crippen LogP contribution in [0.4, 0.5) is 11.6 Å². The highest BCUT2D eigenvalue weighted by Gasteiger charge is 2.29. The van der Waals surface area contributed by atoms with Crippen LogP contribution < -0.4 is 15.7 Å². The summed E-state index contributed by atoms with van der Waals surface area (Å²) in [5.41, 5.74) is 1.44. The largest absolute Gasteiger partial charge is 0.480 e. The van der Waals surface area contributed by atoms with Crippen LogP contribution in [-0.2, 0) is 10.0 Å². The van der Waals surface area contributed by atoms with Crippen LogP contribution in [0.3, 0.4) is 0 Å². The maximum atomic E-state index is 12.7. The average Bonchev–Trinajstić information content (AvgIpc) is 3.09. The van der Waals surface area contributed by atoms with Crippen LogP contribution in [0, 0.1) is 5.92 Å². The molecule has 3 heterocycles. The number of pyridine rings is 1. The molecule has 12 heteroatoms. The smallest absolute Gasteiger partial charge is 0.327 e. The summed E-state index contributed by atoms with van der Waals surface area (Å²) in [4.78, 5) is 28.5. The predicted molar refractivity (Wildman–Crippen MR) is 121 cm³/mol. The minimum Gasteiger partial charge on any atom is -0.480 e. The molecule has 1 aliphatic carbocycles. The number of hydrogen-bond acceptors (Lipinski definition) is 8. The molecule has 4 rings (SSSR count). The van der Waals surface area contributed by atoms with E-state index in [4.69, 9.17) is 4.74 Å². The molecular formula is C20H27N7O4S. The lowest BCUT2D eigenvalue weighted by atomic mass is 9.87. The van der Waals surface area contributed by atoms with E-state index in [2.05, 4.69) is 25.3 Å². The van der Waals surface area contributed by atoms with Crippen LogP contribution in [0.1, 0.15) is 31.7 Å². The first-order chi connectivity index (χ1) is 15.3. The van der Waals surface area contributed by atoms with Gasteiger partial charge in [0, 0.05) is 26.3 Å². The van der Waals surface area contributed by atoms with Gasteiger partial charge >= 0.3 is 5.69 Å². The summed E-state index contributed by atoms with van der Waals surface area (Å²) in [6, 6.07) is 3.52. The minimum absolute atomic E-state index is 0.0507. The fourth-order valence-electron chi connectivity index (χ4n) is 4.10. The molecule has 1 saturated carbocycles. The van der Waals surface area contributed by atoms with Crippen molar-refractivity contribution in [1.29, 1.82) is 0 Å². The topological polar surface area (TPSA) is 135 Å². The number of imidazole rings is 1. The van der Waals surface area contributed by atoms with Crippen molar-refractivity contribution in [2.24, 2.45) is 5.92 Å². The maximum Gasteiger partial charge on any atom is 0.327 e. The Morgan fingerprint density at radius 1 is 1.25 bits per heavy atom. The summed E-state index contributed by atoms with van der Waals surface area (Å²) in [5, 5.41) is 3.09. The van der Waals surface area contributed by atoms with Gasteiger partial charge in [0.2, 0.25) is 21.9 Å². The number of aromatic nitrogens is 5. The molecule has 1 aliphatic rings. The van der Waals surface area contributed by atoms with Gasteiger partial charge in [-0.3, -0.25) is 4.57 Å². The van der Waals surface area contributed by atoms with E-state index in [0.29, 0.717) is 41.5 Å². The molecule has 0 unspecified atom stereocenters. The zero-order chi connectivity index (χ0) is 22.9. The number of anilines is 2. The lowest BCUT2D eigenvalue weighted by Crippen LogP contribution is -2.32. The molecule has 3 aromatic rings. The maximum absolute atomic E-state index is 12.7. The number of rotatable bonds is 7. The SMILES string of the molecule is COc1ncccc1Nc1ncc2[nH]c(=O)n([C@H]3CC[C@H](CS(=O)(=O)N(C)C)CC3)c2n1. The lowest BCUT2D eigenvalue weighted by molar-refractivity contribution is 0.288. The molecule has 0 spiro atoms. The third-order valence-electron chi connectivity index (χ3n) is 5.85. The second-order valence-electron chi connectivity index (χ2n) is 8.15. The summed E-state index contributed by atoms with van der Waals surface area (Å²) < 4.78 is 32.6. The minimum atomic E-state index is -3.24. The highest BCUT2D eigenvalue weighted by atomic mass is 32.2. The van der Waals surface area contributed by atoms with Crippen molar-refractivity contribution in [1.82, 2.24) is 28.8 Å². The van der Waals surface area contributed by atoms with Crippen LogP contribution in [0.2, 0.25) is 0 Å². The van der Waals surface area contributed by atoms with Crippen LogP contribution in [0.5, 0.6) is 5.88 Å². The second-order valence-corrected chi connectivity index (χ2v) is 10.4. The summed E-state index contributed by atoms with van der Waals surface area (Å²) in [7, 11) is 1.40. The first-order valence-electron chi connectivity index (χ1n) is 10.4. The van der Waals surface area contributed by atoms with E-state index < -0.39 is 10.0 Å². The number of fused-ring (bicyclic) bond motifs is 1. The van der Waals surface area contributed by atoms with E-state index in [1.165, 1.54) is 11.4 Å². The van der Waals surface area contributed by atoms with Crippen molar-refractivity contribution < 1.29 is 13.2 Å². The van der Waals surface area contributed by atoms with E-state index in [0.717, 1.165) is 12.8 Å². The molecule has 2 N–H and O–H groups in total. The van der Waals surface area contributed by atoms with Gasteiger partial charge in [0.25, 0.3) is 0 Å². The first kappa shape index (κ1) is 22.2. The summed E-state index contributed by atoms with van der Waals surface area (Å²) in [5.74, 6) is 0.957. The molecule has 0 atom stereocenters. The van der Waals surface area contributed by atoms with Gasteiger partial charge in [0.15, 0.2) is 5.65 Å². The van der Waals surface area contributed by atoms with E-state index >= 15 is 0 Å². The molecule has 3 aromatic heterocycles. The Hall–Kier alpha value is -2.99. The molecule has 1 fully saturated rings. The first-order valence-corrected chi connectivity index (χ1v) is 12.0. The van der Waals surface area contributed by atoms with Gasteiger partial charge < -0.3 is 15.0 Å². The molecule has 32 heavy (non-hydrogen) atoms. The normalized spacial score (nSPS) is 19.4. The average molecular weight is 462 g/mol. The number of H-pyrrole nitrogens is 1. The Labute approximate surface area is 185 Å². The Bertz CT molecular complexity index is 1260. The van der Waals surface area contributed by atoms with Crippen LogP contribution in [-0.4, -0.2) is 64.2 Å². The highest BCUT2D eigenvalue weighted by molar-refractivity contribution is 7.89. The van der Waals surface area contributed by atoms with E-state index in [1.807, 2.05) is 0 Å². The molecular weight excluding hydrogens is 434 g/mol. The Kier molecular flexibility index (Phi) is 6.15. The zero-order valence-corrected chi connectivity index (χ0v) is 19.1. The number of nitrogens with one attached hydrogen (secondary N) is 2. The second kappa shape index (κ2) is 8.87. The number of hydrogen-bond donors (Lipinski definition) is 2. The molecule has 0 radical (unpaired) electrons. The number of aromatic amines is 1. The van der Waals surface area contributed by atoms with Gasteiger partial charge in [-0.1, -0.05) is 0 Å². The fraction of sp³-hybridized carbons (Fsp3) is 0.500. The predicted octanol–water partition coefficient (Wildman–Crippen LogP) is 1.89. The van der Waals surface area contributed by atoms with Gasteiger partial charge in [-0.2, -0.15) is 4.98 Å². The van der Waals surface area contributed by atoms with Crippen LogP contribution >= 0.6 is 0 Å². The van der Waals surface area contributed by atoms with Crippen molar-refractivity contribution in [2.75, 3.05) is 32.3 Å². The zero-order valence-electron chi connectivity index (χ0n) is 18.3. The molecule has 0 bridgehead atoms.